The minimum Gasteiger partial charge on any atom is -0.327 e. The molecule has 0 aliphatic rings. The number of carbonyl (C=O) groups is 1. The lowest BCUT2D eigenvalue weighted by atomic mass is 10.2. The molecule has 1 heterocycles. The molecule has 3 heteroatoms. The number of hydrogen-bond donors (Lipinski definition) is 1. The van der Waals surface area contributed by atoms with Gasteiger partial charge in [0, 0.05) is 17.6 Å². The molecule has 0 spiro atoms. The highest BCUT2D eigenvalue weighted by Gasteiger charge is 2.07. The number of hydrogen-bond acceptors (Lipinski definition) is 2. The van der Waals surface area contributed by atoms with Gasteiger partial charge in [-0.3, -0.25) is 9.78 Å². The van der Waals surface area contributed by atoms with Crippen molar-refractivity contribution in [3.8, 4) is 0 Å². The fraction of sp³-hybridized carbons (Fsp3) is 0.200. The minimum absolute atomic E-state index is 0.155. The van der Waals surface area contributed by atoms with Gasteiger partial charge in [0.15, 0.2) is 0 Å². The standard InChI is InChI=1S/C10H12N2O/c1-7(2)12-10(13)9-5-4-6-11-8(9)3/h4-6H,1H2,2-3H3,(H,12,13). The van der Waals surface area contributed by atoms with Crippen molar-refractivity contribution in [2.24, 2.45) is 0 Å². The molecule has 68 valence electrons. The Kier molecular flexibility index (Phi) is 2.80. The monoisotopic (exact) mass is 176 g/mol. The Morgan fingerprint density at radius 1 is 1.62 bits per heavy atom. The average Bonchev–Trinajstić information content (AvgIpc) is 2.03. The van der Waals surface area contributed by atoms with Gasteiger partial charge in [0.25, 0.3) is 5.91 Å². The van der Waals surface area contributed by atoms with Gasteiger partial charge in [0.2, 0.25) is 0 Å². The third-order valence-corrected chi connectivity index (χ3v) is 1.58. The largest absolute Gasteiger partial charge is 0.327 e. The molecule has 1 aromatic heterocycles. The molecule has 0 unspecified atom stereocenters. The summed E-state index contributed by atoms with van der Waals surface area (Å²) in [5.74, 6) is -0.155. The molecule has 1 rings (SSSR count). The smallest absolute Gasteiger partial charge is 0.257 e. The second kappa shape index (κ2) is 3.85. The third kappa shape index (κ3) is 2.40. The number of allylic oxidation sites excluding steroid dienone is 1. The summed E-state index contributed by atoms with van der Waals surface area (Å²) < 4.78 is 0. The van der Waals surface area contributed by atoms with Crippen molar-refractivity contribution in [2.45, 2.75) is 13.8 Å². The molecular formula is C10H12N2O. The predicted molar refractivity (Wildman–Crippen MR) is 51.3 cm³/mol. The van der Waals surface area contributed by atoms with Crippen LogP contribution in [0, 0.1) is 6.92 Å². The molecule has 0 aromatic carbocycles. The van der Waals surface area contributed by atoms with Crippen LogP contribution in [-0.2, 0) is 0 Å². The molecule has 1 aromatic rings. The zero-order valence-electron chi connectivity index (χ0n) is 7.79. The Hall–Kier alpha value is -1.64. The first-order valence-electron chi connectivity index (χ1n) is 3.99. The maximum atomic E-state index is 11.5. The van der Waals surface area contributed by atoms with E-state index in [2.05, 4.69) is 16.9 Å². The van der Waals surface area contributed by atoms with E-state index in [0.717, 1.165) is 5.69 Å². The number of nitrogens with one attached hydrogen (secondary N) is 1. The SMILES string of the molecule is C=C(C)NC(=O)c1cccnc1C. The molecule has 1 amide bonds. The van der Waals surface area contributed by atoms with Crippen LogP contribution in [-0.4, -0.2) is 10.9 Å². The lowest BCUT2D eigenvalue weighted by Crippen LogP contribution is -2.21. The number of rotatable bonds is 2. The van der Waals surface area contributed by atoms with Gasteiger partial charge in [-0.15, -0.1) is 0 Å². The van der Waals surface area contributed by atoms with Crippen molar-refractivity contribution >= 4 is 5.91 Å². The van der Waals surface area contributed by atoms with E-state index >= 15 is 0 Å². The van der Waals surface area contributed by atoms with Crippen molar-refractivity contribution in [3.63, 3.8) is 0 Å². The van der Waals surface area contributed by atoms with E-state index in [-0.39, 0.29) is 5.91 Å². The van der Waals surface area contributed by atoms with Crippen LogP contribution >= 0.6 is 0 Å². The van der Waals surface area contributed by atoms with Gasteiger partial charge >= 0.3 is 0 Å². The molecule has 0 aliphatic carbocycles. The van der Waals surface area contributed by atoms with Crippen LogP contribution in [0.15, 0.2) is 30.6 Å². The first-order valence-corrected chi connectivity index (χ1v) is 3.99. The molecule has 0 radical (unpaired) electrons. The molecular weight excluding hydrogens is 164 g/mol. The lowest BCUT2D eigenvalue weighted by molar-refractivity contribution is 0.0965. The van der Waals surface area contributed by atoms with Crippen LogP contribution in [0.5, 0.6) is 0 Å². The minimum atomic E-state index is -0.155. The van der Waals surface area contributed by atoms with Crippen LogP contribution in [0.2, 0.25) is 0 Å². The quantitative estimate of drug-likeness (QED) is 0.744. The molecule has 1 N–H and O–H groups in total. The summed E-state index contributed by atoms with van der Waals surface area (Å²) in [6.45, 7) is 7.14. The summed E-state index contributed by atoms with van der Waals surface area (Å²) in [6, 6.07) is 3.47. The molecule has 0 aliphatic heterocycles. The number of pyridine rings is 1. The number of carbonyl (C=O) groups excluding carboxylic acids is 1. The van der Waals surface area contributed by atoms with Crippen LogP contribution in [0.4, 0.5) is 0 Å². The van der Waals surface area contributed by atoms with Crippen molar-refractivity contribution in [1.29, 1.82) is 0 Å². The van der Waals surface area contributed by atoms with E-state index in [4.69, 9.17) is 0 Å². The number of amides is 1. The van der Waals surface area contributed by atoms with E-state index in [1.165, 1.54) is 0 Å². The Morgan fingerprint density at radius 3 is 2.85 bits per heavy atom. The first-order chi connectivity index (χ1) is 6.11. The zero-order chi connectivity index (χ0) is 9.84. The van der Waals surface area contributed by atoms with E-state index in [0.29, 0.717) is 11.3 Å². The molecule has 0 saturated heterocycles. The van der Waals surface area contributed by atoms with Crippen LogP contribution < -0.4 is 5.32 Å². The van der Waals surface area contributed by atoms with Crippen molar-refractivity contribution < 1.29 is 4.79 Å². The van der Waals surface area contributed by atoms with Crippen LogP contribution in [0.1, 0.15) is 23.0 Å². The molecule has 0 saturated carbocycles. The summed E-state index contributed by atoms with van der Waals surface area (Å²) in [4.78, 5) is 15.5. The Balaban J connectivity index is 2.89. The highest BCUT2D eigenvalue weighted by Crippen LogP contribution is 2.03. The Bertz CT molecular complexity index is 345. The average molecular weight is 176 g/mol. The van der Waals surface area contributed by atoms with Crippen molar-refractivity contribution in [1.82, 2.24) is 10.3 Å². The van der Waals surface area contributed by atoms with E-state index < -0.39 is 0 Å². The summed E-state index contributed by atoms with van der Waals surface area (Å²) in [5.41, 5.74) is 1.94. The first kappa shape index (κ1) is 9.45. The predicted octanol–water partition coefficient (Wildman–Crippen LogP) is 1.65. The molecule has 0 bridgehead atoms. The number of aromatic nitrogens is 1. The molecule has 0 fully saturated rings. The van der Waals surface area contributed by atoms with Gasteiger partial charge in [-0.1, -0.05) is 6.58 Å². The highest BCUT2D eigenvalue weighted by atomic mass is 16.1. The third-order valence-electron chi connectivity index (χ3n) is 1.58. The normalized spacial score (nSPS) is 9.38. The number of nitrogens with zero attached hydrogens (tertiary/aromatic N) is 1. The number of aryl methyl sites for hydroxylation is 1. The van der Waals surface area contributed by atoms with Crippen molar-refractivity contribution in [2.75, 3.05) is 0 Å². The van der Waals surface area contributed by atoms with Gasteiger partial charge in [0.05, 0.1) is 5.56 Å². The van der Waals surface area contributed by atoms with Gasteiger partial charge in [-0.25, -0.2) is 0 Å². The maximum absolute atomic E-state index is 11.5. The van der Waals surface area contributed by atoms with Gasteiger partial charge in [-0.2, -0.15) is 0 Å². The Morgan fingerprint density at radius 2 is 2.31 bits per heavy atom. The molecule has 3 nitrogen and oxygen atoms in total. The summed E-state index contributed by atoms with van der Waals surface area (Å²) in [5, 5.41) is 2.63. The van der Waals surface area contributed by atoms with E-state index in [1.807, 2.05) is 0 Å². The second-order valence-electron chi connectivity index (χ2n) is 2.87. The maximum Gasteiger partial charge on any atom is 0.257 e. The highest BCUT2D eigenvalue weighted by molar-refractivity contribution is 5.96. The van der Waals surface area contributed by atoms with Crippen molar-refractivity contribution in [3.05, 3.63) is 41.9 Å². The van der Waals surface area contributed by atoms with Crippen LogP contribution in [0.25, 0.3) is 0 Å². The summed E-state index contributed by atoms with van der Waals surface area (Å²) >= 11 is 0. The summed E-state index contributed by atoms with van der Waals surface area (Å²) in [7, 11) is 0. The second-order valence-corrected chi connectivity index (χ2v) is 2.87. The topological polar surface area (TPSA) is 42.0 Å². The summed E-state index contributed by atoms with van der Waals surface area (Å²) in [6.07, 6.45) is 1.66. The fourth-order valence-electron chi connectivity index (χ4n) is 0.985. The van der Waals surface area contributed by atoms with Gasteiger partial charge < -0.3 is 5.32 Å². The zero-order valence-corrected chi connectivity index (χ0v) is 7.79. The molecule has 0 atom stereocenters. The fourth-order valence-corrected chi connectivity index (χ4v) is 0.985. The van der Waals surface area contributed by atoms with Gasteiger partial charge in [-0.05, 0) is 26.0 Å². The van der Waals surface area contributed by atoms with E-state index in [9.17, 15) is 4.79 Å². The molecule has 13 heavy (non-hydrogen) atoms. The Labute approximate surface area is 77.5 Å². The van der Waals surface area contributed by atoms with E-state index in [1.54, 1.807) is 32.2 Å². The lowest BCUT2D eigenvalue weighted by Gasteiger charge is -2.05. The van der Waals surface area contributed by atoms with Gasteiger partial charge in [0.1, 0.15) is 0 Å². The van der Waals surface area contributed by atoms with Crippen LogP contribution in [0.3, 0.4) is 0 Å².